The first-order chi connectivity index (χ1) is 9.74. The van der Waals surface area contributed by atoms with Crippen molar-refractivity contribution in [1.29, 1.82) is 0 Å². The van der Waals surface area contributed by atoms with Crippen molar-refractivity contribution in [2.75, 3.05) is 0 Å². The van der Waals surface area contributed by atoms with E-state index >= 15 is 0 Å². The van der Waals surface area contributed by atoms with E-state index in [2.05, 4.69) is 0 Å². The lowest BCUT2D eigenvalue weighted by Gasteiger charge is -2.09. The molecule has 0 saturated carbocycles. The topological polar surface area (TPSA) is 34.1 Å². The highest BCUT2D eigenvalue weighted by Crippen LogP contribution is 2.25. The predicted molar refractivity (Wildman–Crippen MR) is 79.0 cm³/mol. The van der Waals surface area contributed by atoms with E-state index in [0.29, 0.717) is 5.57 Å². The Labute approximate surface area is 117 Å². The Morgan fingerprint density at radius 2 is 1.35 bits per heavy atom. The summed E-state index contributed by atoms with van der Waals surface area (Å²) in [5, 5.41) is 0. The summed E-state index contributed by atoms with van der Waals surface area (Å²) in [7, 11) is 0. The molecule has 20 heavy (non-hydrogen) atoms. The minimum Gasteiger partial charge on any atom is -0.290 e. The average molecular weight is 260 g/mol. The first kappa shape index (κ1) is 12.3. The van der Waals surface area contributed by atoms with Gasteiger partial charge >= 0.3 is 0 Å². The fourth-order valence-corrected chi connectivity index (χ4v) is 2.23. The molecule has 3 rings (SSSR count). The van der Waals surface area contributed by atoms with Crippen LogP contribution in [0.4, 0.5) is 0 Å². The normalized spacial score (nSPS) is 14.3. The maximum Gasteiger partial charge on any atom is 0.186 e. The third-order valence-electron chi connectivity index (χ3n) is 3.23. The summed E-state index contributed by atoms with van der Waals surface area (Å²) in [5.41, 5.74) is 3.34. The Bertz CT molecular complexity index is 737. The molecule has 2 heteroatoms. The van der Waals surface area contributed by atoms with Crippen LogP contribution in [0.25, 0.3) is 16.7 Å². The quantitative estimate of drug-likeness (QED) is 0.775. The summed E-state index contributed by atoms with van der Waals surface area (Å²) in [6.45, 7) is 0. The zero-order valence-electron chi connectivity index (χ0n) is 10.7. The van der Waals surface area contributed by atoms with E-state index in [1.165, 1.54) is 18.2 Å². The van der Waals surface area contributed by atoms with Crippen LogP contribution in [0, 0.1) is 0 Å². The summed E-state index contributed by atoms with van der Waals surface area (Å²) in [5.74, 6) is -0.278. The molecule has 0 aromatic heterocycles. The highest BCUT2D eigenvalue weighted by molar-refractivity contribution is 6.34. The largest absolute Gasteiger partial charge is 0.290 e. The van der Waals surface area contributed by atoms with Crippen LogP contribution >= 0.6 is 0 Å². The maximum atomic E-state index is 11.9. The third-order valence-corrected chi connectivity index (χ3v) is 3.23. The van der Waals surface area contributed by atoms with E-state index in [4.69, 9.17) is 0 Å². The Balaban J connectivity index is 2.05. The first-order valence-electron chi connectivity index (χ1n) is 6.38. The minimum atomic E-state index is -0.148. The van der Waals surface area contributed by atoms with Crippen LogP contribution in [-0.4, -0.2) is 11.6 Å². The zero-order chi connectivity index (χ0) is 13.9. The molecule has 2 aromatic rings. The lowest BCUT2D eigenvalue weighted by atomic mass is 9.93. The van der Waals surface area contributed by atoms with Gasteiger partial charge in [-0.25, -0.2) is 0 Å². The first-order valence-corrected chi connectivity index (χ1v) is 6.38. The standard InChI is InChI=1S/C18H12O2/c19-16-9-10-18(20)17(12-16)15-8-4-7-14(11-15)13-5-2-1-3-6-13/h1-12H. The van der Waals surface area contributed by atoms with Crippen molar-refractivity contribution in [3.63, 3.8) is 0 Å². The van der Waals surface area contributed by atoms with Crippen molar-refractivity contribution in [3.05, 3.63) is 78.4 Å². The van der Waals surface area contributed by atoms with Crippen LogP contribution < -0.4 is 0 Å². The lowest BCUT2D eigenvalue weighted by molar-refractivity contribution is -0.113. The molecule has 0 spiro atoms. The average Bonchev–Trinajstić information content (AvgIpc) is 2.51. The highest BCUT2D eigenvalue weighted by Gasteiger charge is 2.15. The monoisotopic (exact) mass is 260 g/mol. The predicted octanol–water partition coefficient (Wildman–Crippen LogP) is 3.45. The fourth-order valence-electron chi connectivity index (χ4n) is 2.23. The molecule has 1 aliphatic rings. The van der Waals surface area contributed by atoms with Gasteiger partial charge in [0.2, 0.25) is 0 Å². The van der Waals surface area contributed by atoms with Gasteiger partial charge in [0.25, 0.3) is 0 Å². The molecule has 0 heterocycles. The van der Waals surface area contributed by atoms with E-state index in [-0.39, 0.29) is 11.6 Å². The molecular formula is C18H12O2. The SMILES string of the molecule is O=C1C=CC(=O)C(c2cccc(-c3ccccc3)c2)=C1. The smallest absolute Gasteiger partial charge is 0.186 e. The van der Waals surface area contributed by atoms with Crippen molar-refractivity contribution < 1.29 is 9.59 Å². The van der Waals surface area contributed by atoms with Gasteiger partial charge in [-0.3, -0.25) is 9.59 Å². The van der Waals surface area contributed by atoms with Crippen LogP contribution in [0.15, 0.2) is 72.8 Å². The van der Waals surface area contributed by atoms with Gasteiger partial charge in [-0.05, 0) is 41.0 Å². The summed E-state index contributed by atoms with van der Waals surface area (Å²) >= 11 is 0. The Morgan fingerprint density at radius 3 is 2.15 bits per heavy atom. The summed E-state index contributed by atoms with van der Waals surface area (Å²) < 4.78 is 0. The number of hydrogen-bond donors (Lipinski definition) is 0. The number of ketones is 2. The lowest BCUT2D eigenvalue weighted by Crippen LogP contribution is -2.06. The van der Waals surface area contributed by atoms with Crippen LogP contribution in [0.2, 0.25) is 0 Å². The van der Waals surface area contributed by atoms with Gasteiger partial charge in [0.1, 0.15) is 0 Å². The molecule has 0 saturated heterocycles. The van der Waals surface area contributed by atoms with E-state index < -0.39 is 0 Å². The molecule has 2 nitrogen and oxygen atoms in total. The van der Waals surface area contributed by atoms with Gasteiger partial charge in [0.05, 0.1) is 0 Å². The van der Waals surface area contributed by atoms with E-state index in [9.17, 15) is 9.59 Å². The third kappa shape index (κ3) is 2.36. The van der Waals surface area contributed by atoms with Gasteiger partial charge in [0.15, 0.2) is 11.6 Å². The number of allylic oxidation sites excluding steroid dienone is 4. The molecule has 96 valence electrons. The maximum absolute atomic E-state index is 11.9. The van der Waals surface area contributed by atoms with Crippen LogP contribution in [0.3, 0.4) is 0 Å². The van der Waals surface area contributed by atoms with Crippen LogP contribution in [-0.2, 0) is 9.59 Å². The minimum absolute atomic E-state index is 0.130. The van der Waals surface area contributed by atoms with Crippen LogP contribution in [0.1, 0.15) is 5.56 Å². The number of carbonyl (C=O) groups is 2. The van der Waals surface area contributed by atoms with E-state index in [0.717, 1.165) is 16.7 Å². The zero-order valence-corrected chi connectivity index (χ0v) is 10.7. The number of benzene rings is 2. The summed E-state index contributed by atoms with van der Waals surface area (Å²) in [6.07, 6.45) is 4.02. The molecule has 0 N–H and O–H groups in total. The van der Waals surface area contributed by atoms with Crippen LogP contribution in [0.5, 0.6) is 0 Å². The van der Waals surface area contributed by atoms with Gasteiger partial charge in [0, 0.05) is 5.57 Å². The van der Waals surface area contributed by atoms with Crippen molar-refractivity contribution in [1.82, 2.24) is 0 Å². The Kier molecular flexibility index (Phi) is 3.13. The van der Waals surface area contributed by atoms with Gasteiger partial charge < -0.3 is 0 Å². The second kappa shape index (κ2) is 5.10. The molecular weight excluding hydrogens is 248 g/mol. The van der Waals surface area contributed by atoms with Crippen molar-refractivity contribution in [2.24, 2.45) is 0 Å². The highest BCUT2D eigenvalue weighted by atomic mass is 16.1. The molecule has 0 radical (unpaired) electrons. The van der Waals surface area contributed by atoms with Crippen molar-refractivity contribution in [2.45, 2.75) is 0 Å². The van der Waals surface area contributed by atoms with Gasteiger partial charge in [-0.2, -0.15) is 0 Å². The molecule has 0 unspecified atom stereocenters. The summed E-state index contributed by atoms with van der Waals surface area (Å²) in [6, 6.07) is 17.6. The number of rotatable bonds is 2. The Hall–Kier alpha value is -2.74. The second-order valence-corrected chi connectivity index (χ2v) is 4.60. The number of carbonyl (C=O) groups excluding carboxylic acids is 2. The van der Waals surface area contributed by atoms with E-state index in [1.807, 2.05) is 54.6 Å². The molecule has 1 aliphatic carbocycles. The number of hydrogen-bond acceptors (Lipinski definition) is 2. The second-order valence-electron chi connectivity index (χ2n) is 4.60. The van der Waals surface area contributed by atoms with Gasteiger partial charge in [-0.1, -0.05) is 48.5 Å². The van der Waals surface area contributed by atoms with Gasteiger partial charge in [-0.15, -0.1) is 0 Å². The molecule has 0 amide bonds. The van der Waals surface area contributed by atoms with E-state index in [1.54, 1.807) is 0 Å². The molecule has 0 bridgehead atoms. The summed E-state index contributed by atoms with van der Waals surface area (Å²) in [4.78, 5) is 23.3. The molecule has 0 fully saturated rings. The van der Waals surface area contributed by atoms with Crippen molar-refractivity contribution >= 4 is 17.1 Å². The fraction of sp³-hybridized carbons (Fsp3) is 0. The molecule has 2 aromatic carbocycles. The Morgan fingerprint density at radius 1 is 0.650 bits per heavy atom. The molecule has 0 aliphatic heterocycles. The molecule has 0 atom stereocenters. The van der Waals surface area contributed by atoms with Crippen molar-refractivity contribution in [3.8, 4) is 11.1 Å².